The highest BCUT2D eigenvalue weighted by molar-refractivity contribution is 5.20. The van der Waals surface area contributed by atoms with Crippen LogP contribution in [0.15, 0.2) is 30.3 Å². The second-order valence-corrected chi connectivity index (χ2v) is 5.21. The lowest BCUT2D eigenvalue weighted by Crippen LogP contribution is -2.57. The summed E-state index contributed by atoms with van der Waals surface area (Å²) < 4.78 is 23.0. The Balaban J connectivity index is 3.00. The van der Waals surface area contributed by atoms with Gasteiger partial charge in [0.05, 0.1) is 19.8 Å². The number of hydroxylamine groups is 2. The van der Waals surface area contributed by atoms with E-state index in [2.05, 4.69) is 6.92 Å². The molecule has 0 fully saturated rings. The van der Waals surface area contributed by atoms with Gasteiger partial charge in [0.15, 0.2) is 0 Å². The summed E-state index contributed by atoms with van der Waals surface area (Å²) in [6.45, 7) is 7.54. The van der Waals surface area contributed by atoms with Crippen LogP contribution in [0.25, 0.3) is 0 Å². The first kappa shape index (κ1) is 20.9. The molecule has 0 amide bonds. The van der Waals surface area contributed by atoms with Crippen molar-refractivity contribution in [3.05, 3.63) is 30.3 Å². The number of para-hydroxylation sites is 1. The molecule has 6 heteroatoms. The van der Waals surface area contributed by atoms with E-state index in [1.165, 1.54) is 5.06 Å². The lowest BCUT2D eigenvalue weighted by atomic mass is 10.3. The first-order chi connectivity index (χ1) is 11.7. The standard InChI is InChI=1S/C18H31NO5/c1-5-8-15-23-18(21-7-3,22-14-6-2)19(16-20-4)24-17-12-10-9-11-13-17/h9-13H,5-8,14-16H2,1-4H3. The van der Waals surface area contributed by atoms with E-state index in [4.69, 9.17) is 23.8 Å². The number of unbranched alkanes of at least 4 members (excludes halogenated alkanes) is 1. The maximum absolute atomic E-state index is 5.98. The van der Waals surface area contributed by atoms with E-state index in [0.29, 0.717) is 25.6 Å². The van der Waals surface area contributed by atoms with Crippen molar-refractivity contribution in [2.24, 2.45) is 0 Å². The lowest BCUT2D eigenvalue weighted by molar-refractivity contribution is -0.498. The first-order valence-corrected chi connectivity index (χ1v) is 8.63. The summed E-state index contributed by atoms with van der Waals surface area (Å²) >= 11 is 0. The molecular formula is C18H31NO5. The Labute approximate surface area is 145 Å². The molecule has 1 rings (SSSR count). The Kier molecular flexibility index (Phi) is 10.6. The van der Waals surface area contributed by atoms with Gasteiger partial charge in [0.1, 0.15) is 12.5 Å². The second kappa shape index (κ2) is 12.2. The number of nitrogens with zero attached hydrogens (tertiary/aromatic N) is 1. The van der Waals surface area contributed by atoms with Gasteiger partial charge in [-0.25, -0.2) is 0 Å². The van der Waals surface area contributed by atoms with Gasteiger partial charge in [0.25, 0.3) is 0 Å². The van der Waals surface area contributed by atoms with Gasteiger partial charge in [-0.1, -0.05) is 38.5 Å². The van der Waals surface area contributed by atoms with Crippen molar-refractivity contribution in [3.8, 4) is 5.75 Å². The van der Waals surface area contributed by atoms with Crippen LogP contribution in [0.1, 0.15) is 40.0 Å². The monoisotopic (exact) mass is 341 g/mol. The summed E-state index contributed by atoms with van der Waals surface area (Å²) in [5.74, 6) is 0.651. The molecule has 1 aromatic carbocycles. The number of hydrogen-bond donors (Lipinski definition) is 0. The molecular weight excluding hydrogens is 310 g/mol. The lowest BCUT2D eigenvalue weighted by Gasteiger charge is -2.39. The molecule has 0 N–H and O–H groups in total. The molecule has 0 heterocycles. The van der Waals surface area contributed by atoms with Crippen LogP contribution in [-0.2, 0) is 18.9 Å². The molecule has 0 aliphatic heterocycles. The molecule has 1 unspecified atom stereocenters. The van der Waals surface area contributed by atoms with Gasteiger partial charge in [0.2, 0.25) is 0 Å². The van der Waals surface area contributed by atoms with Crippen LogP contribution in [0.4, 0.5) is 0 Å². The molecule has 0 saturated carbocycles. The van der Waals surface area contributed by atoms with Gasteiger partial charge >= 0.3 is 6.10 Å². The number of hydrogen-bond acceptors (Lipinski definition) is 6. The molecule has 0 saturated heterocycles. The Hall–Kier alpha value is -1.18. The molecule has 6 nitrogen and oxygen atoms in total. The zero-order valence-electron chi connectivity index (χ0n) is 15.3. The van der Waals surface area contributed by atoms with E-state index in [1.807, 2.05) is 44.2 Å². The fraction of sp³-hybridized carbons (Fsp3) is 0.667. The topological polar surface area (TPSA) is 49.4 Å². The van der Waals surface area contributed by atoms with Crippen LogP contribution < -0.4 is 4.84 Å². The minimum Gasteiger partial charge on any atom is -0.396 e. The van der Waals surface area contributed by atoms with Gasteiger partial charge < -0.3 is 23.8 Å². The predicted octanol–water partition coefficient (Wildman–Crippen LogP) is 3.78. The van der Waals surface area contributed by atoms with E-state index in [0.717, 1.165) is 19.3 Å². The van der Waals surface area contributed by atoms with Crippen LogP contribution in [0.2, 0.25) is 0 Å². The molecule has 0 spiro atoms. The van der Waals surface area contributed by atoms with Crippen molar-refractivity contribution in [2.75, 3.05) is 33.7 Å². The molecule has 0 aliphatic rings. The normalized spacial score (nSPS) is 13.9. The van der Waals surface area contributed by atoms with Crippen LogP contribution in [0.5, 0.6) is 5.75 Å². The van der Waals surface area contributed by atoms with Crippen LogP contribution in [-0.4, -0.2) is 44.8 Å². The molecule has 1 atom stereocenters. The van der Waals surface area contributed by atoms with Crippen molar-refractivity contribution in [2.45, 2.75) is 46.1 Å². The Bertz CT molecular complexity index is 417. The molecule has 1 aromatic rings. The van der Waals surface area contributed by atoms with Gasteiger partial charge in [-0.3, -0.25) is 0 Å². The third kappa shape index (κ3) is 6.75. The number of benzene rings is 1. The molecule has 0 bridgehead atoms. The molecule has 138 valence electrons. The third-order valence-electron chi connectivity index (χ3n) is 3.11. The summed E-state index contributed by atoms with van der Waals surface area (Å²) in [7, 11) is 1.59. The average molecular weight is 341 g/mol. The maximum Gasteiger partial charge on any atom is 0.387 e. The van der Waals surface area contributed by atoms with Crippen molar-refractivity contribution in [3.63, 3.8) is 0 Å². The van der Waals surface area contributed by atoms with E-state index in [9.17, 15) is 0 Å². The first-order valence-electron chi connectivity index (χ1n) is 8.63. The predicted molar refractivity (Wildman–Crippen MR) is 92.2 cm³/mol. The Morgan fingerprint density at radius 2 is 1.62 bits per heavy atom. The van der Waals surface area contributed by atoms with Gasteiger partial charge in [0, 0.05) is 7.11 Å². The Morgan fingerprint density at radius 1 is 0.917 bits per heavy atom. The SMILES string of the molecule is CCCCOC(OCC)(OCCC)N(COC)Oc1ccccc1. The molecule has 0 aliphatic carbocycles. The van der Waals surface area contributed by atoms with Crippen molar-refractivity contribution < 1.29 is 23.8 Å². The van der Waals surface area contributed by atoms with Crippen LogP contribution >= 0.6 is 0 Å². The second-order valence-electron chi connectivity index (χ2n) is 5.21. The zero-order chi connectivity index (χ0) is 17.7. The quantitative estimate of drug-likeness (QED) is 0.292. The van der Waals surface area contributed by atoms with Crippen LogP contribution in [0, 0.1) is 0 Å². The minimum atomic E-state index is -1.44. The number of methoxy groups -OCH3 is 1. The van der Waals surface area contributed by atoms with Gasteiger partial charge in [-0.15, -0.1) is 0 Å². The van der Waals surface area contributed by atoms with Crippen molar-refractivity contribution in [1.82, 2.24) is 5.06 Å². The van der Waals surface area contributed by atoms with E-state index < -0.39 is 6.10 Å². The highest BCUT2D eigenvalue weighted by Crippen LogP contribution is 2.25. The largest absolute Gasteiger partial charge is 0.396 e. The summed E-state index contributed by atoms with van der Waals surface area (Å²) in [5, 5.41) is 1.46. The fourth-order valence-corrected chi connectivity index (χ4v) is 1.99. The maximum atomic E-state index is 5.98. The van der Waals surface area contributed by atoms with Gasteiger partial charge in [-0.2, -0.15) is 0 Å². The molecule has 0 radical (unpaired) electrons. The summed E-state index contributed by atoms with van der Waals surface area (Å²) in [6.07, 6.45) is 1.31. The van der Waals surface area contributed by atoms with Crippen molar-refractivity contribution in [1.29, 1.82) is 0 Å². The highest BCUT2D eigenvalue weighted by atomic mass is 16.9. The Morgan fingerprint density at radius 3 is 2.21 bits per heavy atom. The van der Waals surface area contributed by atoms with Crippen molar-refractivity contribution >= 4 is 0 Å². The summed E-state index contributed by atoms with van der Waals surface area (Å²) in [5.41, 5.74) is 0. The number of rotatable bonds is 14. The molecule has 0 aromatic heterocycles. The summed E-state index contributed by atoms with van der Waals surface area (Å²) in [6, 6.07) is 9.42. The zero-order valence-corrected chi connectivity index (χ0v) is 15.3. The van der Waals surface area contributed by atoms with E-state index in [1.54, 1.807) is 7.11 Å². The highest BCUT2D eigenvalue weighted by Gasteiger charge is 2.43. The van der Waals surface area contributed by atoms with E-state index >= 15 is 0 Å². The molecule has 24 heavy (non-hydrogen) atoms. The average Bonchev–Trinajstić information content (AvgIpc) is 2.60. The smallest absolute Gasteiger partial charge is 0.387 e. The number of ether oxygens (including phenoxy) is 4. The third-order valence-corrected chi connectivity index (χ3v) is 3.11. The summed E-state index contributed by atoms with van der Waals surface area (Å²) in [4.78, 5) is 5.93. The fourth-order valence-electron chi connectivity index (χ4n) is 1.99. The van der Waals surface area contributed by atoms with Crippen LogP contribution in [0.3, 0.4) is 0 Å². The van der Waals surface area contributed by atoms with Gasteiger partial charge in [-0.05, 0) is 37.0 Å². The van der Waals surface area contributed by atoms with E-state index in [-0.39, 0.29) is 6.73 Å². The minimum absolute atomic E-state index is 0.130.